The van der Waals surface area contributed by atoms with Gasteiger partial charge in [-0.3, -0.25) is 9.59 Å². The fourth-order valence-electron chi connectivity index (χ4n) is 2.76. The van der Waals surface area contributed by atoms with Gasteiger partial charge in [0.15, 0.2) is 6.29 Å². The Bertz CT molecular complexity index is 644. The van der Waals surface area contributed by atoms with Gasteiger partial charge in [-0.2, -0.15) is 0 Å². The monoisotopic (exact) mass is 301 g/mol. The molecule has 4 nitrogen and oxygen atoms in total. The Balaban J connectivity index is 2.53. The Kier molecular flexibility index (Phi) is 4.81. The molecule has 1 aromatic carbocycles. The molecule has 118 valence electrons. The molecule has 0 aromatic heterocycles. The van der Waals surface area contributed by atoms with Crippen LogP contribution in [0.5, 0.6) is 0 Å². The Hall–Kier alpha value is -1.94. The van der Waals surface area contributed by atoms with Crippen LogP contribution < -0.4 is 0 Å². The molecule has 22 heavy (non-hydrogen) atoms. The van der Waals surface area contributed by atoms with Gasteiger partial charge < -0.3 is 9.64 Å². The van der Waals surface area contributed by atoms with Crippen molar-refractivity contribution in [2.24, 2.45) is 5.92 Å². The van der Waals surface area contributed by atoms with Crippen molar-refractivity contribution in [2.45, 2.75) is 40.9 Å². The van der Waals surface area contributed by atoms with Crippen molar-refractivity contribution in [2.75, 3.05) is 7.05 Å². The lowest BCUT2D eigenvalue weighted by molar-refractivity contribution is -0.131. The first-order valence-corrected chi connectivity index (χ1v) is 7.51. The number of amides is 1. The number of fused-ring (bicyclic) bond motifs is 1. The van der Waals surface area contributed by atoms with Gasteiger partial charge in [-0.15, -0.1) is 0 Å². The molecule has 0 aliphatic carbocycles. The lowest BCUT2D eigenvalue weighted by Gasteiger charge is -2.22. The number of nitrogens with zero attached hydrogens (tertiary/aromatic N) is 1. The topological polar surface area (TPSA) is 46.6 Å². The molecule has 4 heteroatoms. The summed E-state index contributed by atoms with van der Waals surface area (Å²) in [5.74, 6) is -0.114. The second-order valence-corrected chi connectivity index (χ2v) is 6.05. The maximum atomic E-state index is 12.2. The predicted molar refractivity (Wildman–Crippen MR) is 85.9 cm³/mol. The van der Waals surface area contributed by atoms with E-state index in [9.17, 15) is 9.59 Å². The summed E-state index contributed by atoms with van der Waals surface area (Å²) in [5.41, 5.74) is 5.49. The number of carbonyl (C=O) groups is 2. The summed E-state index contributed by atoms with van der Waals surface area (Å²) in [5, 5.41) is 0. The zero-order valence-electron chi connectivity index (χ0n) is 13.9. The molecule has 0 fully saturated rings. The molecule has 0 spiro atoms. The van der Waals surface area contributed by atoms with E-state index < -0.39 is 0 Å². The van der Waals surface area contributed by atoms with E-state index >= 15 is 0 Å². The summed E-state index contributed by atoms with van der Waals surface area (Å²) in [4.78, 5) is 25.4. The minimum Gasteiger partial charge on any atom is -0.372 e. The molecule has 0 unspecified atom stereocenters. The molecule has 1 aliphatic rings. The van der Waals surface area contributed by atoms with E-state index in [-0.39, 0.29) is 11.8 Å². The highest BCUT2D eigenvalue weighted by molar-refractivity contribution is 6.09. The molecule has 1 heterocycles. The second-order valence-electron chi connectivity index (χ2n) is 6.05. The van der Waals surface area contributed by atoms with E-state index in [4.69, 9.17) is 4.74 Å². The molecule has 0 saturated heterocycles. The average Bonchev–Trinajstić information content (AvgIpc) is 2.98. The normalized spacial score (nSPS) is 14.6. The highest BCUT2D eigenvalue weighted by Gasteiger charge is 2.23. The fraction of sp³-hybridized carbons (Fsp3) is 0.444. The number of hydrogen-bond acceptors (Lipinski definition) is 3. The van der Waals surface area contributed by atoms with E-state index in [1.807, 2.05) is 39.8 Å². The zero-order chi connectivity index (χ0) is 16.4. The summed E-state index contributed by atoms with van der Waals surface area (Å²) in [6.45, 7) is 8.66. The largest absolute Gasteiger partial charge is 0.372 e. The average molecular weight is 301 g/mol. The van der Waals surface area contributed by atoms with Gasteiger partial charge in [0.25, 0.3) is 0 Å². The Morgan fingerprint density at radius 2 is 1.91 bits per heavy atom. The maximum Gasteiger partial charge on any atom is 0.229 e. The first-order valence-electron chi connectivity index (χ1n) is 7.51. The summed E-state index contributed by atoms with van der Waals surface area (Å²) < 4.78 is 5.54. The van der Waals surface area contributed by atoms with Gasteiger partial charge in [0.1, 0.15) is 0 Å². The highest BCUT2D eigenvalue weighted by Crippen LogP contribution is 2.32. The standard InChI is InChI=1S/C18H23NO3/c1-11(2)18(21)19(5)13(4)15(8-20)14-7-6-12(3)16-9-22-10-17(14)16/h6-8,11H,9-10H2,1-5H3/b15-13+. The van der Waals surface area contributed by atoms with Crippen molar-refractivity contribution < 1.29 is 14.3 Å². The molecule has 1 aliphatic heterocycles. The van der Waals surface area contributed by atoms with E-state index in [0.717, 1.165) is 23.0 Å². The molecular formula is C18H23NO3. The van der Waals surface area contributed by atoms with Gasteiger partial charge in [0.2, 0.25) is 5.91 Å². The first-order chi connectivity index (χ1) is 10.4. The minimum absolute atomic E-state index is 0.00291. The SMILES string of the molecule is C/C(=C(/C=O)c1ccc(C)c2c1COC2)N(C)C(=O)C(C)C. The van der Waals surface area contributed by atoms with Gasteiger partial charge in [-0.25, -0.2) is 0 Å². The number of rotatable bonds is 4. The number of aryl methyl sites for hydroxylation is 1. The van der Waals surface area contributed by atoms with Crippen molar-refractivity contribution in [1.29, 1.82) is 0 Å². The number of aldehydes is 1. The quantitative estimate of drug-likeness (QED) is 0.634. The molecule has 0 atom stereocenters. The molecule has 1 aromatic rings. The summed E-state index contributed by atoms with van der Waals surface area (Å²) in [6.07, 6.45) is 0.836. The summed E-state index contributed by atoms with van der Waals surface area (Å²) >= 11 is 0. The second kappa shape index (κ2) is 6.44. The number of ether oxygens (including phenoxy) is 1. The van der Waals surface area contributed by atoms with Crippen LogP contribution in [0.25, 0.3) is 5.57 Å². The third kappa shape index (κ3) is 2.83. The third-order valence-corrected chi connectivity index (χ3v) is 4.28. The van der Waals surface area contributed by atoms with Gasteiger partial charge in [-0.1, -0.05) is 26.0 Å². The fourth-order valence-corrected chi connectivity index (χ4v) is 2.76. The first kappa shape index (κ1) is 16.4. The van der Waals surface area contributed by atoms with Crippen LogP contribution in [0.1, 0.15) is 43.0 Å². The van der Waals surface area contributed by atoms with E-state index in [0.29, 0.717) is 24.5 Å². The lowest BCUT2D eigenvalue weighted by atomic mass is 9.93. The Labute approximate surface area is 131 Å². The van der Waals surface area contributed by atoms with Gasteiger partial charge in [0, 0.05) is 24.2 Å². The maximum absolute atomic E-state index is 12.2. The van der Waals surface area contributed by atoms with Crippen LogP contribution >= 0.6 is 0 Å². The van der Waals surface area contributed by atoms with Crippen LogP contribution in [-0.2, 0) is 27.5 Å². The minimum atomic E-state index is -0.111. The lowest BCUT2D eigenvalue weighted by Crippen LogP contribution is -2.29. The molecule has 0 bridgehead atoms. The number of hydrogen-bond donors (Lipinski definition) is 0. The number of carbonyl (C=O) groups excluding carboxylic acids is 2. The van der Waals surface area contributed by atoms with Crippen molar-refractivity contribution >= 4 is 17.8 Å². The van der Waals surface area contributed by atoms with Crippen molar-refractivity contribution in [3.63, 3.8) is 0 Å². The summed E-state index contributed by atoms with van der Waals surface area (Å²) in [6, 6.07) is 3.95. The number of benzene rings is 1. The molecule has 1 amide bonds. The van der Waals surface area contributed by atoms with Crippen LogP contribution in [0.3, 0.4) is 0 Å². The van der Waals surface area contributed by atoms with Crippen LogP contribution in [0.2, 0.25) is 0 Å². The molecule has 0 N–H and O–H groups in total. The van der Waals surface area contributed by atoms with Gasteiger partial charge in [0.05, 0.1) is 13.2 Å². The molecule has 2 rings (SSSR count). The van der Waals surface area contributed by atoms with Crippen LogP contribution in [0.15, 0.2) is 17.8 Å². The van der Waals surface area contributed by atoms with Crippen molar-refractivity contribution in [1.82, 2.24) is 4.90 Å². The third-order valence-electron chi connectivity index (χ3n) is 4.28. The van der Waals surface area contributed by atoms with Crippen molar-refractivity contribution in [3.8, 4) is 0 Å². The van der Waals surface area contributed by atoms with E-state index in [2.05, 4.69) is 0 Å². The zero-order valence-corrected chi connectivity index (χ0v) is 13.9. The summed E-state index contributed by atoms with van der Waals surface area (Å²) in [7, 11) is 1.71. The Morgan fingerprint density at radius 1 is 1.27 bits per heavy atom. The van der Waals surface area contributed by atoms with Crippen LogP contribution in [0, 0.1) is 12.8 Å². The number of allylic oxidation sites excluding steroid dienone is 2. The van der Waals surface area contributed by atoms with Crippen molar-refractivity contribution in [3.05, 3.63) is 40.1 Å². The molecular weight excluding hydrogens is 278 g/mol. The van der Waals surface area contributed by atoms with Crippen LogP contribution in [-0.4, -0.2) is 24.1 Å². The predicted octanol–water partition coefficient (Wildman–Crippen LogP) is 3.07. The highest BCUT2D eigenvalue weighted by atomic mass is 16.5. The Morgan fingerprint density at radius 3 is 2.50 bits per heavy atom. The molecule has 0 radical (unpaired) electrons. The van der Waals surface area contributed by atoms with Gasteiger partial charge in [-0.05, 0) is 36.1 Å². The smallest absolute Gasteiger partial charge is 0.229 e. The van der Waals surface area contributed by atoms with Gasteiger partial charge >= 0.3 is 0 Å². The van der Waals surface area contributed by atoms with Crippen LogP contribution in [0.4, 0.5) is 0 Å². The van der Waals surface area contributed by atoms with E-state index in [1.54, 1.807) is 11.9 Å². The van der Waals surface area contributed by atoms with E-state index in [1.165, 1.54) is 5.56 Å². The molecule has 0 saturated carbocycles.